The average molecular weight is 190 g/mol. The highest BCUT2D eigenvalue weighted by atomic mass is 16.3. The lowest BCUT2D eigenvalue weighted by molar-refractivity contribution is 0.167. The molecule has 0 aliphatic heterocycles. The third kappa shape index (κ3) is 1.46. The molecule has 76 valence electrons. The van der Waals surface area contributed by atoms with E-state index in [1.165, 1.54) is 18.4 Å². The minimum atomic E-state index is 0.0429. The van der Waals surface area contributed by atoms with Crippen LogP contribution in [0.15, 0.2) is 30.3 Å². The second-order valence-corrected chi connectivity index (χ2v) is 4.31. The van der Waals surface area contributed by atoms with E-state index >= 15 is 0 Å². The molecule has 2 rings (SSSR count). The van der Waals surface area contributed by atoms with Crippen LogP contribution in [0.2, 0.25) is 0 Å². The van der Waals surface area contributed by atoms with Gasteiger partial charge in [-0.05, 0) is 30.7 Å². The van der Waals surface area contributed by atoms with Crippen LogP contribution in [-0.2, 0) is 5.41 Å². The van der Waals surface area contributed by atoms with Gasteiger partial charge in [0, 0.05) is 5.41 Å². The Kier molecular flexibility index (Phi) is 2.60. The zero-order valence-corrected chi connectivity index (χ0v) is 8.74. The van der Waals surface area contributed by atoms with Gasteiger partial charge >= 0.3 is 0 Å². The first-order chi connectivity index (χ1) is 6.83. The van der Waals surface area contributed by atoms with E-state index in [1.54, 1.807) is 0 Å². The summed E-state index contributed by atoms with van der Waals surface area (Å²) in [6.07, 6.45) is 3.60. The first-order valence-electron chi connectivity index (χ1n) is 5.50. The highest BCUT2D eigenvalue weighted by Crippen LogP contribution is 2.49. The van der Waals surface area contributed by atoms with Gasteiger partial charge in [-0.2, -0.15) is 0 Å². The van der Waals surface area contributed by atoms with Crippen LogP contribution in [0.4, 0.5) is 0 Å². The average Bonchev–Trinajstić information content (AvgIpc) is 3.07. The molecule has 0 aromatic heterocycles. The molecule has 0 bridgehead atoms. The van der Waals surface area contributed by atoms with Crippen molar-refractivity contribution in [3.05, 3.63) is 35.9 Å². The molecule has 1 aliphatic rings. The second-order valence-electron chi connectivity index (χ2n) is 4.31. The van der Waals surface area contributed by atoms with E-state index in [0.29, 0.717) is 5.92 Å². The number of benzene rings is 1. The minimum Gasteiger partial charge on any atom is -0.395 e. The van der Waals surface area contributed by atoms with Gasteiger partial charge in [-0.1, -0.05) is 37.3 Å². The molecule has 1 fully saturated rings. The van der Waals surface area contributed by atoms with Gasteiger partial charge in [-0.25, -0.2) is 0 Å². The van der Waals surface area contributed by atoms with Crippen LogP contribution in [0.1, 0.15) is 31.7 Å². The summed E-state index contributed by atoms with van der Waals surface area (Å²) in [5, 5.41) is 9.64. The molecule has 0 spiro atoms. The van der Waals surface area contributed by atoms with Crippen molar-refractivity contribution in [1.29, 1.82) is 0 Å². The number of rotatable bonds is 4. The fourth-order valence-electron chi connectivity index (χ4n) is 2.47. The molecule has 0 heterocycles. The topological polar surface area (TPSA) is 20.2 Å². The first-order valence-corrected chi connectivity index (χ1v) is 5.50. The predicted octanol–water partition coefficient (Wildman–Crippen LogP) is 2.74. The fraction of sp³-hybridized carbons (Fsp3) is 0.538. The zero-order chi connectivity index (χ0) is 10.0. The van der Waals surface area contributed by atoms with Gasteiger partial charge in [0.1, 0.15) is 0 Å². The van der Waals surface area contributed by atoms with E-state index in [9.17, 15) is 5.11 Å². The minimum absolute atomic E-state index is 0.0429. The number of hydrogen-bond acceptors (Lipinski definition) is 1. The summed E-state index contributed by atoms with van der Waals surface area (Å²) < 4.78 is 0. The number of aliphatic hydroxyl groups is 1. The summed E-state index contributed by atoms with van der Waals surface area (Å²) >= 11 is 0. The summed E-state index contributed by atoms with van der Waals surface area (Å²) in [5.41, 5.74) is 1.36. The van der Waals surface area contributed by atoms with E-state index in [2.05, 4.69) is 31.2 Å². The lowest BCUT2D eigenvalue weighted by Crippen LogP contribution is -2.32. The molecule has 0 saturated heterocycles. The molecular formula is C13H18O. The third-order valence-corrected chi connectivity index (χ3v) is 3.62. The molecule has 1 aliphatic carbocycles. The van der Waals surface area contributed by atoms with Crippen LogP contribution in [0.3, 0.4) is 0 Å². The van der Waals surface area contributed by atoms with E-state index in [4.69, 9.17) is 0 Å². The molecule has 1 unspecified atom stereocenters. The van der Waals surface area contributed by atoms with E-state index in [1.807, 2.05) is 6.07 Å². The summed E-state index contributed by atoms with van der Waals surface area (Å²) in [6.45, 7) is 2.47. The Morgan fingerprint density at radius 2 is 1.93 bits per heavy atom. The van der Waals surface area contributed by atoms with Crippen LogP contribution < -0.4 is 0 Å². The van der Waals surface area contributed by atoms with Crippen LogP contribution in [0.25, 0.3) is 0 Å². The van der Waals surface area contributed by atoms with Gasteiger partial charge in [0.05, 0.1) is 6.61 Å². The maximum atomic E-state index is 9.64. The third-order valence-electron chi connectivity index (χ3n) is 3.62. The number of aliphatic hydroxyl groups excluding tert-OH is 1. The zero-order valence-electron chi connectivity index (χ0n) is 8.74. The summed E-state index contributed by atoms with van der Waals surface area (Å²) in [6, 6.07) is 10.5. The van der Waals surface area contributed by atoms with Crippen molar-refractivity contribution in [3.8, 4) is 0 Å². The molecule has 1 atom stereocenters. The Hall–Kier alpha value is -0.820. The summed E-state index contributed by atoms with van der Waals surface area (Å²) in [5.74, 6) is 0.708. The lowest BCUT2D eigenvalue weighted by atomic mass is 9.74. The highest BCUT2D eigenvalue weighted by Gasteiger charge is 2.44. The standard InChI is InChI=1S/C13H18O/c1-2-13(10-14,12-8-9-12)11-6-4-3-5-7-11/h3-7,12,14H,2,8-10H2,1H3. The van der Waals surface area contributed by atoms with Crippen molar-refractivity contribution in [2.45, 2.75) is 31.6 Å². The van der Waals surface area contributed by atoms with Gasteiger partial charge in [-0.15, -0.1) is 0 Å². The van der Waals surface area contributed by atoms with Crippen molar-refractivity contribution in [3.63, 3.8) is 0 Å². The molecule has 1 heteroatoms. The van der Waals surface area contributed by atoms with Gasteiger partial charge in [0.2, 0.25) is 0 Å². The first kappa shape index (κ1) is 9.72. The summed E-state index contributed by atoms with van der Waals surface area (Å²) in [4.78, 5) is 0. The molecule has 14 heavy (non-hydrogen) atoms. The Morgan fingerprint density at radius 3 is 2.36 bits per heavy atom. The second kappa shape index (κ2) is 3.74. The highest BCUT2D eigenvalue weighted by molar-refractivity contribution is 5.28. The van der Waals surface area contributed by atoms with Crippen LogP contribution in [0.5, 0.6) is 0 Å². The molecule has 1 nitrogen and oxygen atoms in total. The SMILES string of the molecule is CCC(CO)(c1ccccc1)C1CC1. The van der Waals surface area contributed by atoms with Gasteiger partial charge in [-0.3, -0.25) is 0 Å². The normalized spacial score (nSPS) is 20.4. The number of hydrogen-bond donors (Lipinski definition) is 1. The van der Waals surface area contributed by atoms with Crippen molar-refractivity contribution < 1.29 is 5.11 Å². The van der Waals surface area contributed by atoms with Crippen LogP contribution >= 0.6 is 0 Å². The Balaban J connectivity index is 2.34. The largest absolute Gasteiger partial charge is 0.395 e. The van der Waals surface area contributed by atoms with E-state index in [0.717, 1.165) is 6.42 Å². The van der Waals surface area contributed by atoms with E-state index in [-0.39, 0.29) is 12.0 Å². The summed E-state index contributed by atoms with van der Waals surface area (Å²) in [7, 11) is 0. The molecule has 0 amide bonds. The van der Waals surface area contributed by atoms with Crippen LogP contribution in [0, 0.1) is 5.92 Å². The Morgan fingerprint density at radius 1 is 1.29 bits per heavy atom. The fourth-order valence-corrected chi connectivity index (χ4v) is 2.47. The smallest absolute Gasteiger partial charge is 0.0530 e. The van der Waals surface area contributed by atoms with Gasteiger partial charge < -0.3 is 5.11 Å². The monoisotopic (exact) mass is 190 g/mol. The molecule has 1 saturated carbocycles. The van der Waals surface area contributed by atoms with Crippen LogP contribution in [-0.4, -0.2) is 11.7 Å². The molecule has 1 N–H and O–H groups in total. The molecule has 0 radical (unpaired) electrons. The molecule has 1 aromatic carbocycles. The Labute approximate surface area is 85.8 Å². The predicted molar refractivity (Wildman–Crippen MR) is 58.2 cm³/mol. The quantitative estimate of drug-likeness (QED) is 0.774. The van der Waals surface area contributed by atoms with Crippen molar-refractivity contribution >= 4 is 0 Å². The van der Waals surface area contributed by atoms with Gasteiger partial charge in [0.25, 0.3) is 0 Å². The van der Waals surface area contributed by atoms with E-state index < -0.39 is 0 Å². The Bertz CT molecular complexity index is 283. The van der Waals surface area contributed by atoms with Crippen molar-refractivity contribution in [2.24, 2.45) is 5.92 Å². The van der Waals surface area contributed by atoms with Crippen molar-refractivity contribution in [1.82, 2.24) is 0 Å². The maximum Gasteiger partial charge on any atom is 0.0530 e. The molecule has 1 aromatic rings. The van der Waals surface area contributed by atoms with Crippen molar-refractivity contribution in [2.75, 3.05) is 6.61 Å². The maximum absolute atomic E-state index is 9.64. The van der Waals surface area contributed by atoms with Gasteiger partial charge in [0.15, 0.2) is 0 Å². The lowest BCUT2D eigenvalue weighted by Gasteiger charge is -2.31. The molecular weight excluding hydrogens is 172 g/mol.